The number of carbonyl (C=O) groups excluding carboxylic acids is 1. The number of ether oxygens (including phenoxy) is 1. The standard InChI is InChI=1S/C10H5BrF3NO2S/c1-17-9(16)6-3-7(11)8(2-5(6)4-15)18-10(12,13)14/h2-3H,1H3. The van der Waals surface area contributed by atoms with Gasteiger partial charge in [0, 0.05) is 9.37 Å². The van der Waals surface area contributed by atoms with Crippen LogP contribution in [0.1, 0.15) is 15.9 Å². The van der Waals surface area contributed by atoms with Crippen LogP contribution in [-0.2, 0) is 4.74 Å². The van der Waals surface area contributed by atoms with E-state index in [0.717, 1.165) is 19.2 Å². The SMILES string of the molecule is COC(=O)c1cc(Br)c(SC(F)(F)F)cc1C#N. The maximum absolute atomic E-state index is 12.2. The zero-order valence-electron chi connectivity index (χ0n) is 8.84. The molecule has 96 valence electrons. The van der Waals surface area contributed by atoms with Gasteiger partial charge in [0.25, 0.3) is 0 Å². The van der Waals surface area contributed by atoms with Gasteiger partial charge in [0.2, 0.25) is 0 Å². The minimum Gasteiger partial charge on any atom is -0.465 e. The lowest BCUT2D eigenvalue weighted by atomic mass is 10.1. The number of hydrogen-bond acceptors (Lipinski definition) is 4. The van der Waals surface area contributed by atoms with Gasteiger partial charge in [0.15, 0.2) is 0 Å². The molecule has 0 unspecified atom stereocenters. The molecule has 0 bridgehead atoms. The van der Waals surface area contributed by atoms with Crippen molar-refractivity contribution in [1.82, 2.24) is 0 Å². The summed E-state index contributed by atoms with van der Waals surface area (Å²) >= 11 is 2.56. The number of halogens is 4. The number of hydrogen-bond donors (Lipinski definition) is 0. The number of esters is 1. The van der Waals surface area contributed by atoms with Gasteiger partial charge in [0.1, 0.15) is 6.07 Å². The van der Waals surface area contributed by atoms with Gasteiger partial charge >= 0.3 is 11.5 Å². The van der Waals surface area contributed by atoms with Crippen LogP contribution in [0.5, 0.6) is 0 Å². The molecule has 1 aromatic rings. The van der Waals surface area contributed by atoms with Crippen molar-refractivity contribution in [3.63, 3.8) is 0 Å². The Morgan fingerprint density at radius 1 is 1.50 bits per heavy atom. The van der Waals surface area contributed by atoms with Crippen LogP contribution in [-0.4, -0.2) is 18.6 Å². The molecule has 1 aromatic carbocycles. The number of alkyl halides is 3. The Hall–Kier alpha value is -1.20. The highest BCUT2D eigenvalue weighted by atomic mass is 79.9. The largest absolute Gasteiger partial charge is 0.465 e. The van der Waals surface area contributed by atoms with Crippen LogP contribution in [0.15, 0.2) is 21.5 Å². The van der Waals surface area contributed by atoms with Crippen molar-refractivity contribution in [3.05, 3.63) is 27.7 Å². The van der Waals surface area contributed by atoms with Crippen molar-refractivity contribution in [3.8, 4) is 6.07 Å². The van der Waals surface area contributed by atoms with Crippen molar-refractivity contribution in [2.75, 3.05) is 7.11 Å². The molecule has 0 aliphatic rings. The quantitative estimate of drug-likeness (QED) is 0.608. The van der Waals surface area contributed by atoms with E-state index in [4.69, 9.17) is 5.26 Å². The summed E-state index contributed by atoms with van der Waals surface area (Å²) in [4.78, 5) is 11.1. The van der Waals surface area contributed by atoms with E-state index in [1.54, 1.807) is 6.07 Å². The Labute approximate surface area is 113 Å². The molecule has 0 fully saturated rings. The van der Waals surface area contributed by atoms with Crippen LogP contribution in [0.4, 0.5) is 13.2 Å². The summed E-state index contributed by atoms with van der Waals surface area (Å²) in [5.41, 5.74) is -4.72. The lowest BCUT2D eigenvalue weighted by molar-refractivity contribution is -0.0328. The zero-order chi connectivity index (χ0) is 13.9. The summed E-state index contributed by atoms with van der Waals surface area (Å²) < 4.78 is 41.3. The molecule has 0 N–H and O–H groups in total. The summed E-state index contributed by atoms with van der Waals surface area (Å²) in [7, 11) is 1.12. The molecular weight excluding hydrogens is 335 g/mol. The molecule has 0 spiro atoms. The van der Waals surface area contributed by atoms with Crippen LogP contribution in [0, 0.1) is 11.3 Å². The van der Waals surface area contributed by atoms with E-state index in [-0.39, 0.29) is 32.3 Å². The van der Waals surface area contributed by atoms with Gasteiger partial charge in [-0.2, -0.15) is 18.4 Å². The Morgan fingerprint density at radius 2 is 2.11 bits per heavy atom. The van der Waals surface area contributed by atoms with E-state index < -0.39 is 11.5 Å². The van der Waals surface area contributed by atoms with E-state index in [1.165, 1.54) is 0 Å². The first kappa shape index (κ1) is 14.9. The average Bonchev–Trinajstić information content (AvgIpc) is 2.28. The first-order valence-electron chi connectivity index (χ1n) is 4.36. The number of nitrogens with zero attached hydrogens (tertiary/aromatic N) is 1. The monoisotopic (exact) mass is 339 g/mol. The molecule has 1 rings (SSSR count). The number of benzene rings is 1. The van der Waals surface area contributed by atoms with Gasteiger partial charge in [-0.3, -0.25) is 0 Å². The Balaban J connectivity index is 3.28. The van der Waals surface area contributed by atoms with E-state index >= 15 is 0 Å². The van der Waals surface area contributed by atoms with Crippen LogP contribution in [0.2, 0.25) is 0 Å². The van der Waals surface area contributed by atoms with Crippen molar-refractivity contribution in [2.24, 2.45) is 0 Å². The average molecular weight is 340 g/mol. The fourth-order valence-electron chi connectivity index (χ4n) is 1.13. The smallest absolute Gasteiger partial charge is 0.446 e. The van der Waals surface area contributed by atoms with Crippen LogP contribution in [0.3, 0.4) is 0 Å². The highest BCUT2D eigenvalue weighted by molar-refractivity contribution is 9.10. The fourth-order valence-corrected chi connectivity index (χ4v) is 2.30. The molecule has 0 saturated heterocycles. The second-order valence-electron chi connectivity index (χ2n) is 2.98. The van der Waals surface area contributed by atoms with Gasteiger partial charge in [-0.1, -0.05) is 0 Å². The number of carbonyl (C=O) groups is 1. The van der Waals surface area contributed by atoms with E-state index in [2.05, 4.69) is 20.7 Å². The topological polar surface area (TPSA) is 50.1 Å². The molecule has 0 radical (unpaired) electrons. The van der Waals surface area contributed by atoms with E-state index in [0.29, 0.717) is 0 Å². The summed E-state index contributed by atoms with van der Waals surface area (Å²) in [5, 5.41) is 8.81. The van der Waals surface area contributed by atoms with Crippen LogP contribution in [0.25, 0.3) is 0 Å². The molecule has 0 atom stereocenters. The Kier molecular flexibility index (Phi) is 4.65. The molecular formula is C10H5BrF3NO2S. The summed E-state index contributed by atoms with van der Waals surface area (Å²) in [6.07, 6.45) is 0. The number of rotatable bonds is 2. The molecule has 8 heteroatoms. The third kappa shape index (κ3) is 3.65. The molecule has 0 heterocycles. The first-order valence-corrected chi connectivity index (χ1v) is 5.97. The summed E-state index contributed by atoms with van der Waals surface area (Å²) in [6.45, 7) is 0. The van der Waals surface area contributed by atoms with Gasteiger partial charge < -0.3 is 4.74 Å². The van der Waals surface area contributed by atoms with Crippen molar-refractivity contribution in [2.45, 2.75) is 10.4 Å². The number of methoxy groups -OCH3 is 1. The number of nitriles is 1. The molecule has 3 nitrogen and oxygen atoms in total. The second kappa shape index (κ2) is 5.63. The molecule has 0 amide bonds. The third-order valence-electron chi connectivity index (χ3n) is 1.82. The summed E-state index contributed by atoms with van der Waals surface area (Å²) in [5.74, 6) is -0.782. The van der Waals surface area contributed by atoms with Crippen molar-refractivity contribution < 1.29 is 22.7 Å². The van der Waals surface area contributed by atoms with Crippen molar-refractivity contribution >= 4 is 33.7 Å². The highest BCUT2D eigenvalue weighted by Crippen LogP contribution is 2.41. The molecule has 0 aliphatic heterocycles. The van der Waals surface area contributed by atoms with E-state index in [9.17, 15) is 18.0 Å². The minimum atomic E-state index is -4.47. The Morgan fingerprint density at radius 3 is 2.56 bits per heavy atom. The minimum absolute atomic E-state index is 0.0734. The zero-order valence-corrected chi connectivity index (χ0v) is 11.2. The van der Waals surface area contributed by atoms with Gasteiger partial charge in [-0.15, -0.1) is 0 Å². The number of thioether (sulfide) groups is 1. The van der Waals surface area contributed by atoms with Gasteiger partial charge in [-0.25, -0.2) is 4.79 Å². The second-order valence-corrected chi connectivity index (χ2v) is 4.94. The fraction of sp³-hybridized carbons (Fsp3) is 0.200. The normalized spacial score (nSPS) is 10.9. The van der Waals surface area contributed by atoms with Gasteiger partial charge in [-0.05, 0) is 39.8 Å². The highest BCUT2D eigenvalue weighted by Gasteiger charge is 2.31. The van der Waals surface area contributed by atoms with Crippen molar-refractivity contribution in [1.29, 1.82) is 5.26 Å². The molecule has 0 aromatic heterocycles. The summed E-state index contributed by atoms with van der Waals surface area (Å²) in [6, 6.07) is 3.79. The van der Waals surface area contributed by atoms with Crippen LogP contribution < -0.4 is 0 Å². The maximum atomic E-state index is 12.2. The lowest BCUT2D eigenvalue weighted by Crippen LogP contribution is -2.06. The first-order chi connectivity index (χ1) is 8.28. The molecule has 0 aliphatic carbocycles. The Bertz CT molecular complexity index is 525. The third-order valence-corrected chi connectivity index (χ3v) is 3.53. The van der Waals surface area contributed by atoms with Gasteiger partial charge in [0.05, 0.1) is 18.2 Å². The maximum Gasteiger partial charge on any atom is 0.446 e. The predicted molar refractivity (Wildman–Crippen MR) is 62.1 cm³/mol. The predicted octanol–water partition coefficient (Wildman–Crippen LogP) is 3.72. The lowest BCUT2D eigenvalue weighted by Gasteiger charge is -2.10. The van der Waals surface area contributed by atoms with Crippen LogP contribution >= 0.6 is 27.7 Å². The molecule has 18 heavy (non-hydrogen) atoms. The van der Waals surface area contributed by atoms with E-state index in [1.807, 2.05) is 0 Å². The molecule has 0 saturated carbocycles.